The number of aryl methyl sites for hydroxylation is 2. The first kappa shape index (κ1) is 19.1. The van der Waals surface area contributed by atoms with Crippen LogP contribution < -0.4 is 10.2 Å². The van der Waals surface area contributed by atoms with Crippen LogP contribution in [-0.4, -0.2) is 41.4 Å². The lowest BCUT2D eigenvalue weighted by molar-refractivity contribution is -0.123. The Balaban J connectivity index is 1.51. The van der Waals surface area contributed by atoms with E-state index in [9.17, 15) is 14.4 Å². The molecule has 1 N–H and O–H groups in total. The number of hydrogen-bond acceptors (Lipinski definition) is 6. The Morgan fingerprint density at radius 2 is 1.83 bits per heavy atom. The number of imide groups is 1. The first-order chi connectivity index (χ1) is 13.8. The molecule has 0 radical (unpaired) electrons. The van der Waals surface area contributed by atoms with Crippen molar-refractivity contribution in [1.82, 2.24) is 5.01 Å². The van der Waals surface area contributed by atoms with E-state index in [2.05, 4.69) is 15.7 Å². The SMILES string of the molecule is Cc1cc(C)cc(N2C(=O)[C@@H]3[C@@H](N=NN3CC(=O)Nc3cccc(Cl)c3)C2=O)c1. The van der Waals surface area contributed by atoms with E-state index in [-0.39, 0.29) is 6.54 Å². The number of amides is 3. The summed E-state index contributed by atoms with van der Waals surface area (Å²) in [4.78, 5) is 39.3. The molecule has 3 amide bonds. The Morgan fingerprint density at radius 3 is 2.52 bits per heavy atom. The van der Waals surface area contributed by atoms with Gasteiger partial charge >= 0.3 is 0 Å². The van der Waals surface area contributed by atoms with Crippen molar-refractivity contribution in [3.8, 4) is 0 Å². The Bertz CT molecular complexity index is 1030. The Labute approximate surface area is 172 Å². The predicted molar refractivity (Wildman–Crippen MR) is 108 cm³/mol. The summed E-state index contributed by atoms with van der Waals surface area (Å²) >= 11 is 5.92. The van der Waals surface area contributed by atoms with Crippen molar-refractivity contribution in [2.75, 3.05) is 16.8 Å². The minimum absolute atomic E-state index is 0.211. The highest BCUT2D eigenvalue weighted by Crippen LogP contribution is 2.32. The maximum Gasteiger partial charge on any atom is 0.263 e. The van der Waals surface area contributed by atoms with Gasteiger partial charge in [0.15, 0.2) is 12.1 Å². The van der Waals surface area contributed by atoms with E-state index in [0.717, 1.165) is 16.0 Å². The van der Waals surface area contributed by atoms with Crippen LogP contribution in [0.4, 0.5) is 11.4 Å². The zero-order valence-electron chi connectivity index (χ0n) is 15.8. The summed E-state index contributed by atoms with van der Waals surface area (Å²) in [5, 5.41) is 12.3. The van der Waals surface area contributed by atoms with Crippen molar-refractivity contribution in [2.24, 2.45) is 10.3 Å². The van der Waals surface area contributed by atoms with Crippen LogP contribution in [0.25, 0.3) is 0 Å². The molecule has 0 aromatic heterocycles. The second kappa shape index (κ2) is 7.29. The average Bonchev–Trinajstić information content (AvgIpc) is 3.14. The van der Waals surface area contributed by atoms with E-state index in [0.29, 0.717) is 16.4 Å². The quantitative estimate of drug-likeness (QED) is 0.782. The van der Waals surface area contributed by atoms with Crippen molar-refractivity contribution in [1.29, 1.82) is 0 Å². The van der Waals surface area contributed by atoms with Crippen molar-refractivity contribution < 1.29 is 14.4 Å². The van der Waals surface area contributed by atoms with Crippen LogP contribution >= 0.6 is 11.6 Å². The van der Waals surface area contributed by atoms with Crippen molar-refractivity contribution in [2.45, 2.75) is 25.9 Å². The first-order valence-corrected chi connectivity index (χ1v) is 9.40. The van der Waals surface area contributed by atoms with E-state index in [1.165, 1.54) is 5.01 Å². The fraction of sp³-hybridized carbons (Fsp3) is 0.250. The largest absolute Gasteiger partial charge is 0.324 e. The Hall–Kier alpha value is -3.26. The molecule has 2 aromatic carbocycles. The van der Waals surface area contributed by atoms with Gasteiger partial charge in [-0.25, -0.2) is 4.90 Å². The number of benzene rings is 2. The minimum atomic E-state index is -0.942. The molecule has 4 rings (SSSR count). The van der Waals surface area contributed by atoms with Gasteiger partial charge in [0, 0.05) is 10.7 Å². The molecule has 0 saturated carbocycles. The van der Waals surface area contributed by atoms with E-state index in [1.54, 1.807) is 36.4 Å². The number of carbonyl (C=O) groups excluding carboxylic acids is 3. The smallest absolute Gasteiger partial charge is 0.263 e. The average molecular weight is 412 g/mol. The third-order valence-corrected chi connectivity index (χ3v) is 4.97. The summed E-state index contributed by atoms with van der Waals surface area (Å²) in [6, 6.07) is 10.4. The fourth-order valence-corrected chi connectivity index (χ4v) is 3.79. The molecule has 2 aliphatic heterocycles. The number of nitrogens with one attached hydrogen (secondary N) is 1. The summed E-state index contributed by atoms with van der Waals surface area (Å²) in [6.07, 6.45) is 0. The number of halogens is 1. The third kappa shape index (κ3) is 3.58. The summed E-state index contributed by atoms with van der Waals surface area (Å²) in [7, 11) is 0. The van der Waals surface area contributed by atoms with Gasteiger partial charge in [0.1, 0.15) is 6.54 Å². The number of carbonyl (C=O) groups is 3. The zero-order valence-corrected chi connectivity index (χ0v) is 16.6. The molecular weight excluding hydrogens is 394 g/mol. The molecule has 2 heterocycles. The monoisotopic (exact) mass is 411 g/mol. The van der Waals surface area contributed by atoms with Crippen LogP contribution in [0.15, 0.2) is 52.8 Å². The van der Waals surface area contributed by atoms with Gasteiger partial charge in [0.25, 0.3) is 11.8 Å². The normalized spacial score (nSPS) is 20.4. The molecule has 8 nitrogen and oxygen atoms in total. The van der Waals surface area contributed by atoms with Crippen LogP contribution in [0.2, 0.25) is 5.02 Å². The van der Waals surface area contributed by atoms with Crippen LogP contribution in [0.1, 0.15) is 11.1 Å². The molecule has 2 aromatic rings. The van der Waals surface area contributed by atoms with Gasteiger partial charge in [0.05, 0.1) is 5.69 Å². The molecule has 0 spiro atoms. The second-order valence-electron chi connectivity index (χ2n) is 7.11. The standard InChI is InChI=1S/C20H18ClN5O3/c1-11-6-12(2)8-15(7-11)26-19(28)17-18(20(26)29)25(24-23-17)10-16(27)22-14-5-3-4-13(21)9-14/h3-9,17-18H,10H2,1-2H3,(H,22,27)/t17-,18+/m1/s1. The number of fused-ring (bicyclic) bond motifs is 1. The van der Waals surface area contributed by atoms with Gasteiger partial charge in [-0.05, 0) is 55.3 Å². The van der Waals surface area contributed by atoms with Gasteiger partial charge in [-0.2, -0.15) is 5.11 Å². The summed E-state index contributed by atoms with van der Waals surface area (Å²) in [6.45, 7) is 3.58. The summed E-state index contributed by atoms with van der Waals surface area (Å²) < 4.78 is 0. The molecule has 1 saturated heterocycles. The van der Waals surface area contributed by atoms with Gasteiger partial charge in [-0.15, -0.1) is 0 Å². The lowest BCUT2D eigenvalue weighted by Gasteiger charge is -2.20. The summed E-state index contributed by atoms with van der Waals surface area (Å²) in [5.41, 5.74) is 2.92. The minimum Gasteiger partial charge on any atom is -0.324 e. The maximum absolute atomic E-state index is 13.0. The van der Waals surface area contributed by atoms with Crippen LogP contribution in [0.3, 0.4) is 0 Å². The molecule has 0 aliphatic carbocycles. The van der Waals surface area contributed by atoms with Crippen molar-refractivity contribution in [3.63, 3.8) is 0 Å². The molecule has 29 heavy (non-hydrogen) atoms. The number of rotatable bonds is 4. The molecule has 9 heteroatoms. The summed E-state index contributed by atoms with van der Waals surface area (Å²) in [5.74, 6) is -1.27. The van der Waals surface area contributed by atoms with E-state index in [4.69, 9.17) is 11.6 Å². The molecule has 2 aliphatic rings. The van der Waals surface area contributed by atoms with Gasteiger partial charge in [-0.3, -0.25) is 19.4 Å². The molecule has 148 valence electrons. The van der Waals surface area contributed by atoms with Gasteiger partial charge in [0.2, 0.25) is 5.91 Å². The van der Waals surface area contributed by atoms with Gasteiger partial charge < -0.3 is 5.32 Å². The highest BCUT2D eigenvalue weighted by molar-refractivity contribution is 6.31. The topological polar surface area (TPSA) is 94.4 Å². The second-order valence-corrected chi connectivity index (χ2v) is 7.54. The van der Waals surface area contributed by atoms with E-state index >= 15 is 0 Å². The van der Waals surface area contributed by atoms with Crippen LogP contribution in [0, 0.1) is 13.8 Å². The molecular formula is C20H18ClN5O3. The highest BCUT2D eigenvalue weighted by atomic mass is 35.5. The van der Waals surface area contributed by atoms with Crippen molar-refractivity contribution >= 4 is 40.7 Å². The Kier molecular flexibility index (Phi) is 4.79. The lowest BCUT2D eigenvalue weighted by atomic mass is 10.1. The maximum atomic E-state index is 13.0. The number of anilines is 2. The van der Waals surface area contributed by atoms with Crippen LogP contribution in [0.5, 0.6) is 0 Å². The van der Waals surface area contributed by atoms with Crippen LogP contribution in [-0.2, 0) is 14.4 Å². The molecule has 0 bridgehead atoms. The fourth-order valence-electron chi connectivity index (χ4n) is 3.60. The first-order valence-electron chi connectivity index (χ1n) is 9.02. The van der Waals surface area contributed by atoms with Crippen molar-refractivity contribution in [3.05, 3.63) is 58.6 Å². The van der Waals surface area contributed by atoms with E-state index < -0.39 is 29.8 Å². The number of hydrogen-bond donors (Lipinski definition) is 1. The Morgan fingerprint density at radius 1 is 1.10 bits per heavy atom. The zero-order chi connectivity index (χ0) is 20.7. The molecule has 2 atom stereocenters. The van der Waals surface area contributed by atoms with E-state index in [1.807, 2.05) is 19.9 Å². The van der Waals surface area contributed by atoms with Gasteiger partial charge in [-0.1, -0.05) is 29.0 Å². The molecule has 0 unspecified atom stereocenters. The lowest BCUT2D eigenvalue weighted by Crippen LogP contribution is -2.43. The predicted octanol–water partition coefficient (Wildman–Crippen LogP) is 2.89. The third-order valence-electron chi connectivity index (χ3n) is 4.74. The number of nitrogens with zero attached hydrogens (tertiary/aromatic N) is 4. The molecule has 1 fully saturated rings. The highest BCUT2D eigenvalue weighted by Gasteiger charge is 2.55.